The van der Waals surface area contributed by atoms with Gasteiger partial charge in [-0.05, 0) is 18.6 Å². The van der Waals surface area contributed by atoms with Gasteiger partial charge in [-0.15, -0.1) is 15.3 Å². The summed E-state index contributed by atoms with van der Waals surface area (Å²) in [4.78, 5) is 12.3. The number of aromatic nitrogens is 4. The van der Waals surface area contributed by atoms with E-state index in [1.165, 1.54) is 11.3 Å². The SMILES string of the molecule is CCCCC(=O)Nc1nn2c(-c3ccco3)nnc2s1. The maximum atomic E-state index is 11.7. The molecule has 0 fully saturated rings. The zero-order valence-electron chi connectivity index (χ0n) is 10.9. The smallest absolute Gasteiger partial charge is 0.236 e. The van der Waals surface area contributed by atoms with Gasteiger partial charge in [0.1, 0.15) is 0 Å². The van der Waals surface area contributed by atoms with Gasteiger partial charge in [0, 0.05) is 6.42 Å². The Balaban J connectivity index is 1.83. The lowest BCUT2D eigenvalue weighted by Gasteiger charge is -1.98. The van der Waals surface area contributed by atoms with Crippen molar-refractivity contribution in [3.8, 4) is 11.6 Å². The predicted molar refractivity (Wildman–Crippen MR) is 74.5 cm³/mol. The first-order chi connectivity index (χ1) is 9.78. The molecule has 0 unspecified atom stereocenters. The molecule has 20 heavy (non-hydrogen) atoms. The molecule has 7 nitrogen and oxygen atoms in total. The van der Waals surface area contributed by atoms with Gasteiger partial charge in [0.15, 0.2) is 5.76 Å². The topological polar surface area (TPSA) is 85.3 Å². The van der Waals surface area contributed by atoms with Crippen molar-refractivity contribution in [2.75, 3.05) is 5.32 Å². The van der Waals surface area contributed by atoms with Gasteiger partial charge in [0.2, 0.25) is 21.8 Å². The molecule has 0 aliphatic heterocycles. The number of furan rings is 1. The Hall–Kier alpha value is -2.22. The third kappa shape index (κ3) is 2.42. The molecular weight excluding hydrogens is 278 g/mol. The number of nitrogens with zero attached hydrogens (tertiary/aromatic N) is 4. The van der Waals surface area contributed by atoms with Gasteiger partial charge < -0.3 is 9.73 Å². The molecule has 3 aromatic heterocycles. The molecule has 0 saturated heterocycles. The van der Waals surface area contributed by atoms with Crippen molar-refractivity contribution in [2.45, 2.75) is 26.2 Å². The van der Waals surface area contributed by atoms with E-state index >= 15 is 0 Å². The average Bonchev–Trinajstić information content (AvgIpc) is 3.11. The summed E-state index contributed by atoms with van der Waals surface area (Å²) in [6, 6.07) is 3.56. The highest BCUT2D eigenvalue weighted by molar-refractivity contribution is 7.20. The molecule has 0 radical (unpaired) electrons. The summed E-state index contributed by atoms with van der Waals surface area (Å²) in [5, 5.41) is 15.6. The number of rotatable bonds is 5. The first-order valence-corrected chi connectivity index (χ1v) is 7.15. The van der Waals surface area contributed by atoms with E-state index < -0.39 is 0 Å². The third-order valence-corrected chi connectivity index (χ3v) is 3.55. The Morgan fingerprint density at radius 3 is 3.15 bits per heavy atom. The van der Waals surface area contributed by atoms with Crippen molar-refractivity contribution < 1.29 is 9.21 Å². The molecule has 1 amide bonds. The summed E-state index contributed by atoms with van der Waals surface area (Å²) in [6.07, 6.45) is 3.92. The minimum absolute atomic E-state index is 0.0311. The van der Waals surface area contributed by atoms with E-state index in [0.29, 0.717) is 28.1 Å². The fourth-order valence-corrected chi connectivity index (χ4v) is 2.50. The lowest BCUT2D eigenvalue weighted by molar-refractivity contribution is -0.116. The third-order valence-electron chi connectivity index (χ3n) is 2.74. The molecule has 104 valence electrons. The Morgan fingerprint density at radius 2 is 2.40 bits per heavy atom. The zero-order chi connectivity index (χ0) is 13.9. The molecular formula is C12H13N5O2S. The summed E-state index contributed by atoms with van der Waals surface area (Å²) in [5.74, 6) is 1.08. The lowest BCUT2D eigenvalue weighted by Crippen LogP contribution is -2.11. The van der Waals surface area contributed by atoms with E-state index in [0.717, 1.165) is 12.8 Å². The van der Waals surface area contributed by atoms with Crippen LogP contribution in [0, 0.1) is 0 Å². The second-order valence-electron chi connectivity index (χ2n) is 4.25. The van der Waals surface area contributed by atoms with Crippen LogP contribution in [-0.2, 0) is 4.79 Å². The predicted octanol–water partition coefficient (Wildman–Crippen LogP) is 2.57. The van der Waals surface area contributed by atoms with Gasteiger partial charge in [0.25, 0.3) is 0 Å². The number of unbranched alkanes of at least 4 members (excludes halogenated alkanes) is 1. The van der Waals surface area contributed by atoms with Gasteiger partial charge in [-0.1, -0.05) is 24.7 Å². The Kier molecular flexibility index (Phi) is 3.46. The molecule has 0 atom stereocenters. The van der Waals surface area contributed by atoms with Crippen LogP contribution in [0.25, 0.3) is 16.5 Å². The standard InChI is InChI=1S/C12H13N5O2S/c1-2-3-6-9(18)13-11-16-17-10(8-5-4-7-19-8)14-15-12(17)20-11/h4-5,7H,2-3,6H2,1H3,(H,13,16,18). The quantitative estimate of drug-likeness (QED) is 0.781. The fraction of sp³-hybridized carbons (Fsp3) is 0.333. The van der Waals surface area contributed by atoms with Crippen LogP contribution in [-0.4, -0.2) is 25.7 Å². The number of hydrogen-bond donors (Lipinski definition) is 1. The molecule has 3 rings (SSSR count). The minimum atomic E-state index is -0.0311. The van der Waals surface area contributed by atoms with Crippen LogP contribution in [0.5, 0.6) is 0 Å². The Labute approximate surface area is 118 Å². The van der Waals surface area contributed by atoms with Crippen LogP contribution in [0.15, 0.2) is 22.8 Å². The van der Waals surface area contributed by atoms with E-state index in [4.69, 9.17) is 4.42 Å². The van der Waals surface area contributed by atoms with Crippen molar-refractivity contribution in [3.05, 3.63) is 18.4 Å². The summed E-state index contributed by atoms with van der Waals surface area (Å²) >= 11 is 1.28. The molecule has 8 heteroatoms. The molecule has 0 aliphatic carbocycles. The summed E-state index contributed by atoms with van der Waals surface area (Å²) in [6.45, 7) is 2.05. The highest BCUT2D eigenvalue weighted by Crippen LogP contribution is 2.24. The summed E-state index contributed by atoms with van der Waals surface area (Å²) in [7, 11) is 0. The normalized spacial score (nSPS) is 11.1. The number of carbonyl (C=O) groups is 1. The highest BCUT2D eigenvalue weighted by atomic mass is 32.1. The molecule has 3 heterocycles. The molecule has 0 bridgehead atoms. The van der Waals surface area contributed by atoms with Crippen molar-refractivity contribution in [2.24, 2.45) is 0 Å². The second kappa shape index (κ2) is 5.41. The van der Waals surface area contributed by atoms with E-state index in [1.54, 1.807) is 22.9 Å². The van der Waals surface area contributed by atoms with Crippen LogP contribution in [0.4, 0.5) is 5.13 Å². The van der Waals surface area contributed by atoms with Crippen molar-refractivity contribution in [1.82, 2.24) is 19.8 Å². The molecule has 1 N–H and O–H groups in total. The first kappa shape index (κ1) is 12.8. The number of fused-ring (bicyclic) bond motifs is 1. The number of anilines is 1. The van der Waals surface area contributed by atoms with Crippen LogP contribution in [0.2, 0.25) is 0 Å². The second-order valence-corrected chi connectivity index (χ2v) is 5.21. The maximum absolute atomic E-state index is 11.7. The van der Waals surface area contributed by atoms with Crippen LogP contribution < -0.4 is 5.32 Å². The van der Waals surface area contributed by atoms with E-state index in [1.807, 2.05) is 6.92 Å². The largest absolute Gasteiger partial charge is 0.461 e. The van der Waals surface area contributed by atoms with Gasteiger partial charge >= 0.3 is 0 Å². The molecule has 0 aromatic carbocycles. The number of nitrogens with one attached hydrogen (secondary N) is 1. The highest BCUT2D eigenvalue weighted by Gasteiger charge is 2.16. The van der Waals surface area contributed by atoms with Gasteiger partial charge in [0.05, 0.1) is 6.26 Å². The van der Waals surface area contributed by atoms with Crippen LogP contribution >= 0.6 is 11.3 Å². The summed E-state index contributed by atoms with van der Waals surface area (Å²) < 4.78 is 6.85. The maximum Gasteiger partial charge on any atom is 0.236 e. The minimum Gasteiger partial charge on any atom is -0.461 e. The number of carbonyl (C=O) groups excluding carboxylic acids is 1. The number of hydrogen-bond acceptors (Lipinski definition) is 6. The molecule has 0 aliphatic rings. The van der Waals surface area contributed by atoms with Crippen LogP contribution in [0.3, 0.4) is 0 Å². The van der Waals surface area contributed by atoms with E-state index in [-0.39, 0.29) is 5.91 Å². The van der Waals surface area contributed by atoms with E-state index in [9.17, 15) is 4.79 Å². The Bertz CT molecular complexity index is 715. The lowest BCUT2D eigenvalue weighted by atomic mass is 10.2. The first-order valence-electron chi connectivity index (χ1n) is 6.34. The zero-order valence-corrected chi connectivity index (χ0v) is 11.7. The summed E-state index contributed by atoms with van der Waals surface area (Å²) in [5.41, 5.74) is 0. The fourth-order valence-electron chi connectivity index (χ4n) is 1.75. The molecule has 0 spiro atoms. The van der Waals surface area contributed by atoms with Crippen molar-refractivity contribution in [1.29, 1.82) is 0 Å². The van der Waals surface area contributed by atoms with Gasteiger partial charge in [-0.25, -0.2) is 0 Å². The van der Waals surface area contributed by atoms with Crippen LogP contribution in [0.1, 0.15) is 26.2 Å². The molecule has 0 saturated carbocycles. The number of amides is 1. The van der Waals surface area contributed by atoms with Gasteiger partial charge in [-0.3, -0.25) is 4.79 Å². The average molecular weight is 291 g/mol. The van der Waals surface area contributed by atoms with Crippen molar-refractivity contribution >= 4 is 27.3 Å². The van der Waals surface area contributed by atoms with Gasteiger partial charge in [-0.2, -0.15) is 4.52 Å². The Morgan fingerprint density at radius 1 is 1.50 bits per heavy atom. The molecule has 3 aromatic rings. The van der Waals surface area contributed by atoms with Crippen molar-refractivity contribution in [3.63, 3.8) is 0 Å². The van der Waals surface area contributed by atoms with E-state index in [2.05, 4.69) is 20.6 Å². The monoisotopic (exact) mass is 291 g/mol.